The highest BCUT2D eigenvalue weighted by molar-refractivity contribution is 5.29. The molecule has 2 unspecified atom stereocenters. The molecule has 4 N–H and O–H groups in total. The predicted molar refractivity (Wildman–Crippen MR) is 62.8 cm³/mol. The second-order valence-corrected chi connectivity index (χ2v) is 3.70. The summed E-state index contributed by atoms with van der Waals surface area (Å²) in [6.45, 7) is 2.74. The Morgan fingerprint density at radius 1 is 1.27 bits per heavy atom. The van der Waals surface area contributed by atoms with Gasteiger partial charge in [-0.1, -0.05) is 25.5 Å². The summed E-state index contributed by atoms with van der Waals surface area (Å²) in [6.07, 6.45) is 1.00. The van der Waals surface area contributed by atoms with E-state index >= 15 is 0 Å². The number of hydrogen-bond donors (Lipinski definition) is 2. The first kappa shape index (κ1) is 12.0. The van der Waals surface area contributed by atoms with Crippen molar-refractivity contribution in [3.05, 3.63) is 29.8 Å². The van der Waals surface area contributed by atoms with Gasteiger partial charge in [-0.3, -0.25) is 0 Å². The number of ether oxygens (including phenoxy) is 1. The Bertz CT molecular complexity index is 280. The number of hydrogen-bond acceptors (Lipinski definition) is 3. The van der Waals surface area contributed by atoms with Crippen LogP contribution in [0, 0.1) is 5.92 Å². The van der Waals surface area contributed by atoms with Crippen molar-refractivity contribution in [3.8, 4) is 5.75 Å². The normalized spacial score (nSPS) is 14.7. The Morgan fingerprint density at radius 2 is 1.87 bits per heavy atom. The molecule has 15 heavy (non-hydrogen) atoms. The zero-order valence-corrected chi connectivity index (χ0v) is 9.44. The second kappa shape index (κ2) is 5.73. The van der Waals surface area contributed by atoms with Crippen molar-refractivity contribution in [2.45, 2.75) is 19.4 Å². The smallest absolute Gasteiger partial charge is 0.118 e. The first-order valence-corrected chi connectivity index (χ1v) is 5.32. The summed E-state index contributed by atoms with van der Waals surface area (Å²) in [6, 6.07) is 7.88. The lowest BCUT2D eigenvalue weighted by Gasteiger charge is -2.21. The standard InChI is InChI=1S/C12H20N2O/c1-3-9(8-13)12(14)10-4-6-11(15-2)7-5-10/h4-7,9,12H,3,8,13-14H2,1-2H3. The van der Waals surface area contributed by atoms with Crippen LogP contribution in [0.15, 0.2) is 24.3 Å². The van der Waals surface area contributed by atoms with Crippen molar-refractivity contribution < 1.29 is 4.74 Å². The lowest BCUT2D eigenvalue weighted by Crippen LogP contribution is -2.27. The molecule has 0 amide bonds. The average Bonchev–Trinajstić information content (AvgIpc) is 2.30. The third-order valence-corrected chi connectivity index (χ3v) is 2.84. The van der Waals surface area contributed by atoms with Crippen LogP contribution in [0.3, 0.4) is 0 Å². The van der Waals surface area contributed by atoms with Gasteiger partial charge in [-0.25, -0.2) is 0 Å². The fourth-order valence-corrected chi connectivity index (χ4v) is 1.67. The third-order valence-electron chi connectivity index (χ3n) is 2.84. The van der Waals surface area contributed by atoms with Crippen LogP contribution >= 0.6 is 0 Å². The van der Waals surface area contributed by atoms with E-state index in [1.54, 1.807) is 7.11 Å². The molecular formula is C12H20N2O. The maximum absolute atomic E-state index is 6.13. The molecule has 2 atom stereocenters. The Hall–Kier alpha value is -1.06. The molecule has 0 radical (unpaired) electrons. The molecule has 0 saturated heterocycles. The Balaban J connectivity index is 2.76. The van der Waals surface area contributed by atoms with Crippen molar-refractivity contribution in [1.29, 1.82) is 0 Å². The molecule has 0 aliphatic heterocycles. The van der Waals surface area contributed by atoms with Gasteiger partial charge in [0.15, 0.2) is 0 Å². The monoisotopic (exact) mass is 208 g/mol. The quantitative estimate of drug-likeness (QED) is 0.774. The average molecular weight is 208 g/mol. The molecule has 1 rings (SSSR count). The van der Waals surface area contributed by atoms with Crippen LogP contribution in [0.1, 0.15) is 24.9 Å². The van der Waals surface area contributed by atoms with E-state index in [9.17, 15) is 0 Å². The second-order valence-electron chi connectivity index (χ2n) is 3.70. The number of methoxy groups -OCH3 is 1. The molecule has 1 aromatic rings. The van der Waals surface area contributed by atoms with E-state index < -0.39 is 0 Å². The molecule has 0 spiro atoms. The van der Waals surface area contributed by atoms with Crippen LogP contribution in [0.2, 0.25) is 0 Å². The van der Waals surface area contributed by atoms with E-state index in [2.05, 4.69) is 6.92 Å². The van der Waals surface area contributed by atoms with Crippen LogP contribution in [-0.4, -0.2) is 13.7 Å². The first-order valence-electron chi connectivity index (χ1n) is 5.32. The molecule has 3 heteroatoms. The maximum atomic E-state index is 6.13. The van der Waals surface area contributed by atoms with Crippen molar-refractivity contribution in [1.82, 2.24) is 0 Å². The van der Waals surface area contributed by atoms with Gasteiger partial charge < -0.3 is 16.2 Å². The van der Waals surface area contributed by atoms with Crippen molar-refractivity contribution in [2.24, 2.45) is 17.4 Å². The van der Waals surface area contributed by atoms with Crippen LogP contribution in [0.25, 0.3) is 0 Å². The summed E-state index contributed by atoms with van der Waals surface area (Å²) >= 11 is 0. The molecule has 3 nitrogen and oxygen atoms in total. The first-order chi connectivity index (χ1) is 7.22. The van der Waals surface area contributed by atoms with Gasteiger partial charge in [-0.05, 0) is 30.2 Å². The van der Waals surface area contributed by atoms with E-state index in [0.717, 1.165) is 17.7 Å². The molecule has 0 aliphatic carbocycles. The van der Waals surface area contributed by atoms with Gasteiger partial charge in [0.1, 0.15) is 5.75 Å². The van der Waals surface area contributed by atoms with E-state index in [-0.39, 0.29) is 6.04 Å². The van der Waals surface area contributed by atoms with Gasteiger partial charge in [0.05, 0.1) is 7.11 Å². The molecule has 0 heterocycles. The van der Waals surface area contributed by atoms with Gasteiger partial charge >= 0.3 is 0 Å². The van der Waals surface area contributed by atoms with Gasteiger partial charge in [0.2, 0.25) is 0 Å². The molecule has 0 bridgehead atoms. The van der Waals surface area contributed by atoms with Crippen molar-refractivity contribution >= 4 is 0 Å². The minimum atomic E-state index is 0.0194. The van der Waals surface area contributed by atoms with Gasteiger partial charge in [0.25, 0.3) is 0 Å². The Labute approximate surface area is 91.4 Å². The van der Waals surface area contributed by atoms with Crippen molar-refractivity contribution in [2.75, 3.05) is 13.7 Å². The fraction of sp³-hybridized carbons (Fsp3) is 0.500. The Kier molecular flexibility index (Phi) is 4.59. The minimum absolute atomic E-state index is 0.0194. The molecule has 0 aromatic heterocycles. The lowest BCUT2D eigenvalue weighted by molar-refractivity contribution is 0.411. The summed E-state index contributed by atoms with van der Waals surface area (Å²) in [5, 5.41) is 0. The number of benzene rings is 1. The fourth-order valence-electron chi connectivity index (χ4n) is 1.67. The third kappa shape index (κ3) is 2.94. The van der Waals surface area contributed by atoms with E-state index in [4.69, 9.17) is 16.2 Å². The van der Waals surface area contributed by atoms with Crippen LogP contribution in [0.5, 0.6) is 5.75 Å². The molecule has 84 valence electrons. The summed E-state index contributed by atoms with van der Waals surface area (Å²) in [5.74, 6) is 1.20. The highest BCUT2D eigenvalue weighted by Crippen LogP contribution is 2.23. The van der Waals surface area contributed by atoms with E-state index in [1.807, 2.05) is 24.3 Å². The zero-order valence-electron chi connectivity index (χ0n) is 9.44. The SMILES string of the molecule is CCC(CN)C(N)c1ccc(OC)cc1. The Morgan fingerprint density at radius 3 is 2.27 bits per heavy atom. The van der Waals surface area contributed by atoms with Crippen LogP contribution < -0.4 is 16.2 Å². The maximum Gasteiger partial charge on any atom is 0.118 e. The van der Waals surface area contributed by atoms with Crippen LogP contribution in [-0.2, 0) is 0 Å². The van der Waals surface area contributed by atoms with E-state index in [1.165, 1.54) is 0 Å². The molecular weight excluding hydrogens is 188 g/mol. The molecule has 0 fully saturated rings. The van der Waals surface area contributed by atoms with Gasteiger partial charge in [-0.2, -0.15) is 0 Å². The molecule has 0 aliphatic rings. The summed E-state index contributed by atoms with van der Waals surface area (Å²) in [4.78, 5) is 0. The number of rotatable bonds is 5. The molecule has 1 aromatic carbocycles. The highest BCUT2D eigenvalue weighted by Gasteiger charge is 2.15. The molecule has 0 saturated carbocycles. The van der Waals surface area contributed by atoms with Gasteiger partial charge in [0, 0.05) is 6.04 Å². The van der Waals surface area contributed by atoms with Crippen molar-refractivity contribution in [3.63, 3.8) is 0 Å². The minimum Gasteiger partial charge on any atom is -0.497 e. The summed E-state index contributed by atoms with van der Waals surface area (Å²) in [7, 11) is 1.66. The summed E-state index contributed by atoms with van der Waals surface area (Å²) in [5.41, 5.74) is 12.9. The lowest BCUT2D eigenvalue weighted by atomic mass is 9.92. The van der Waals surface area contributed by atoms with E-state index in [0.29, 0.717) is 12.5 Å². The predicted octanol–water partition coefficient (Wildman–Crippen LogP) is 1.68. The largest absolute Gasteiger partial charge is 0.497 e. The highest BCUT2D eigenvalue weighted by atomic mass is 16.5. The zero-order chi connectivity index (χ0) is 11.3. The summed E-state index contributed by atoms with van der Waals surface area (Å²) < 4.78 is 5.10. The van der Waals surface area contributed by atoms with Crippen LogP contribution in [0.4, 0.5) is 0 Å². The number of nitrogens with two attached hydrogens (primary N) is 2. The van der Waals surface area contributed by atoms with Gasteiger partial charge in [-0.15, -0.1) is 0 Å². The topological polar surface area (TPSA) is 61.3 Å².